The van der Waals surface area contributed by atoms with Gasteiger partial charge in [-0.3, -0.25) is 15.0 Å². The van der Waals surface area contributed by atoms with Crippen molar-refractivity contribution in [3.05, 3.63) is 0 Å². The van der Waals surface area contributed by atoms with E-state index in [1.54, 1.807) is 0 Å². The molecule has 1 amide bonds. The van der Waals surface area contributed by atoms with Gasteiger partial charge in [-0.05, 0) is 70.6 Å². The fourth-order valence-electron chi connectivity index (χ4n) is 6.69. The van der Waals surface area contributed by atoms with Crippen LogP contribution >= 0.6 is 0 Å². The standard InChI is InChI=1S/C27H55N9O2/c1-3-20-16-29-9-7-22(20)17-32-27(37)21-5-4-6-23(15-21)31-18-25-34-35-26(24-8-10-30-19-33-24)36(25)12-14-38-13-11-28-2/h20-26,28-31,33-35H,3-19H2,1-2H3,(H,32,37). The Bertz CT molecular complexity index is 681. The zero-order chi connectivity index (χ0) is 26.6. The van der Waals surface area contributed by atoms with E-state index in [1.807, 2.05) is 7.05 Å². The van der Waals surface area contributed by atoms with Crippen LogP contribution in [0.2, 0.25) is 0 Å². The first-order chi connectivity index (χ1) is 18.7. The van der Waals surface area contributed by atoms with Crippen LogP contribution in [0.15, 0.2) is 0 Å². The Balaban J connectivity index is 1.23. The third kappa shape index (κ3) is 8.81. The maximum absolute atomic E-state index is 13.1. The largest absolute Gasteiger partial charge is 0.379 e. The number of piperidine rings is 1. The van der Waals surface area contributed by atoms with Crippen LogP contribution in [0.1, 0.15) is 51.9 Å². The van der Waals surface area contributed by atoms with Crippen molar-refractivity contribution in [2.45, 2.75) is 76.3 Å². The van der Waals surface area contributed by atoms with Gasteiger partial charge in [-0.25, -0.2) is 10.9 Å². The average Bonchev–Trinajstić information content (AvgIpc) is 3.38. The molecular weight excluding hydrogens is 482 g/mol. The zero-order valence-electron chi connectivity index (χ0n) is 23.8. The summed E-state index contributed by atoms with van der Waals surface area (Å²) >= 11 is 0. The van der Waals surface area contributed by atoms with Crippen molar-refractivity contribution >= 4 is 5.91 Å². The highest BCUT2D eigenvalue weighted by Crippen LogP contribution is 2.26. The van der Waals surface area contributed by atoms with E-state index in [2.05, 4.69) is 54.6 Å². The van der Waals surface area contributed by atoms with Crippen molar-refractivity contribution in [2.24, 2.45) is 17.8 Å². The molecule has 0 radical (unpaired) electrons. The van der Waals surface area contributed by atoms with E-state index in [9.17, 15) is 4.79 Å². The van der Waals surface area contributed by atoms with Crippen molar-refractivity contribution in [3.63, 3.8) is 0 Å². The number of likely N-dealkylation sites (N-methyl/N-ethyl adjacent to an activating group) is 1. The van der Waals surface area contributed by atoms with Crippen LogP contribution < -0.4 is 42.8 Å². The molecule has 0 aromatic carbocycles. The summed E-state index contributed by atoms with van der Waals surface area (Å²) < 4.78 is 5.87. The number of nitrogens with one attached hydrogen (secondary N) is 8. The molecule has 38 heavy (non-hydrogen) atoms. The van der Waals surface area contributed by atoms with E-state index >= 15 is 0 Å². The van der Waals surface area contributed by atoms with Gasteiger partial charge in [-0.2, -0.15) is 0 Å². The lowest BCUT2D eigenvalue weighted by molar-refractivity contribution is -0.126. The summed E-state index contributed by atoms with van der Waals surface area (Å²) in [7, 11) is 1.95. The number of hydrazine groups is 1. The monoisotopic (exact) mass is 537 g/mol. The number of rotatable bonds is 14. The molecule has 7 atom stereocenters. The van der Waals surface area contributed by atoms with E-state index in [4.69, 9.17) is 4.74 Å². The zero-order valence-corrected chi connectivity index (χ0v) is 23.8. The highest BCUT2D eigenvalue weighted by Gasteiger charge is 2.38. The van der Waals surface area contributed by atoms with Gasteiger partial charge in [0.2, 0.25) is 5.91 Å². The minimum absolute atomic E-state index is 0.126. The minimum atomic E-state index is 0.126. The summed E-state index contributed by atoms with van der Waals surface area (Å²) in [5.41, 5.74) is 7.11. The molecule has 1 aliphatic carbocycles. The van der Waals surface area contributed by atoms with Gasteiger partial charge in [0, 0.05) is 50.8 Å². The molecule has 7 unspecified atom stereocenters. The molecule has 0 aromatic rings. The minimum Gasteiger partial charge on any atom is -0.379 e. The van der Waals surface area contributed by atoms with Crippen molar-refractivity contribution in [1.82, 2.24) is 47.7 Å². The molecule has 4 aliphatic rings. The Morgan fingerprint density at radius 1 is 1.03 bits per heavy atom. The third-order valence-corrected chi connectivity index (χ3v) is 9.12. The predicted octanol–water partition coefficient (Wildman–Crippen LogP) is -0.906. The SMILES string of the molecule is CCC1CNCCC1CNC(=O)C1CCCC(NCC2NNC(C3CCNCN3)N2CCOCCNC)C1. The molecule has 3 aliphatic heterocycles. The Kier molecular flexibility index (Phi) is 13.0. The van der Waals surface area contributed by atoms with Crippen molar-refractivity contribution < 1.29 is 9.53 Å². The van der Waals surface area contributed by atoms with Crippen molar-refractivity contribution in [3.8, 4) is 0 Å². The number of nitrogens with zero attached hydrogens (tertiary/aromatic N) is 1. The lowest BCUT2D eigenvalue weighted by atomic mass is 9.83. The highest BCUT2D eigenvalue weighted by molar-refractivity contribution is 5.78. The van der Waals surface area contributed by atoms with Crippen LogP contribution in [-0.2, 0) is 9.53 Å². The first-order valence-corrected chi connectivity index (χ1v) is 15.3. The van der Waals surface area contributed by atoms with Crippen LogP contribution in [0.4, 0.5) is 0 Å². The van der Waals surface area contributed by atoms with Gasteiger partial charge in [0.15, 0.2) is 0 Å². The molecule has 8 N–H and O–H groups in total. The van der Waals surface area contributed by atoms with Crippen LogP contribution in [0, 0.1) is 17.8 Å². The van der Waals surface area contributed by atoms with Gasteiger partial charge in [0.25, 0.3) is 0 Å². The molecule has 3 heterocycles. The van der Waals surface area contributed by atoms with E-state index in [-0.39, 0.29) is 24.2 Å². The van der Waals surface area contributed by atoms with Gasteiger partial charge >= 0.3 is 0 Å². The summed E-state index contributed by atoms with van der Waals surface area (Å²) in [6.07, 6.45) is 8.05. The van der Waals surface area contributed by atoms with Crippen molar-refractivity contribution in [2.75, 3.05) is 72.7 Å². The number of amides is 1. The lowest BCUT2D eigenvalue weighted by Gasteiger charge is -2.36. The van der Waals surface area contributed by atoms with Crippen LogP contribution in [-0.4, -0.2) is 108 Å². The molecule has 0 bridgehead atoms. The smallest absolute Gasteiger partial charge is 0.223 e. The normalized spacial score (nSPS) is 34.8. The maximum Gasteiger partial charge on any atom is 0.223 e. The van der Waals surface area contributed by atoms with Gasteiger partial charge in [0.05, 0.1) is 25.5 Å². The molecule has 220 valence electrons. The highest BCUT2D eigenvalue weighted by atomic mass is 16.5. The molecule has 3 saturated heterocycles. The van der Waals surface area contributed by atoms with Crippen molar-refractivity contribution in [1.29, 1.82) is 0 Å². The number of carbonyl (C=O) groups is 1. The number of ether oxygens (including phenoxy) is 1. The molecule has 11 heteroatoms. The van der Waals surface area contributed by atoms with Gasteiger partial charge in [0.1, 0.15) is 0 Å². The quantitative estimate of drug-likeness (QED) is 0.132. The summed E-state index contributed by atoms with van der Waals surface area (Å²) in [6.45, 7) is 11.2. The summed E-state index contributed by atoms with van der Waals surface area (Å²) in [5.74, 6) is 1.68. The van der Waals surface area contributed by atoms with Gasteiger partial charge < -0.3 is 31.3 Å². The second kappa shape index (κ2) is 16.4. The second-order valence-electron chi connectivity index (χ2n) is 11.6. The molecule has 0 aromatic heterocycles. The maximum atomic E-state index is 13.1. The molecule has 0 spiro atoms. The number of carbonyl (C=O) groups excluding carboxylic acids is 1. The van der Waals surface area contributed by atoms with E-state index in [0.29, 0.717) is 30.5 Å². The Labute approximate surface area is 230 Å². The average molecular weight is 538 g/mol. The summed E-state index contributed by atoms with van der Waals surface area (Å²) in [6, 6.07) is 0.773. The molecule has 11 nitrogen and oxygen atoms in total. The second-order valence-corrected chi connectivity index (χ2v) is 11.6. The lowest BCUT2D eigenvalue weighted by Crippen LogP contribution is -2.59. The molecular formula is C27H55N9O2. The first kappa shape index (κ1) is 30.1. The molecule has 4 fully saturated rings. The number of hydrogen-bond donors (Lipinski definition) is 8. The van der Waals surface area contributed by atoms with E-state index < -0.39 is 0 Å². The third-order valence-electron chi connectivity index (χ3n) is 9.12. The molecule has 1 saturated carbocycles. The van der Waals surface area contributed by atoms with Crippen LogP contribution in [0.3, 0.4) is 0 Å². The van der Waals surface area contributed by atoms with Gasteiger partial charge in [-0.1, -0.05) is 19.8 Å². The Morgan fingerprint density at radius 2 is 1.92 bits per heavy atom. The van der Waals surface area contributed by atoms with Gasteiger partial charge in [-0.15, -0.1) is 0 Å². The van der Waals surface area contributed by atoms with E-state index in [1.165, 1.54) is 12.8 Å². The fraction of sp³-hybridized carbons (Fsp3) is 0.963. The number of hydrogen-bond acceptors (Lipinski definition) is 10. The topological polar surface area (TPSA) is 126 Å². The van der Waals surface area contributed by atoms with E-state index in [0.717, 1.165) is 91.2 Å². The summed E-state index contributed by atoms with van der Waals surface area (Å²) in [5, 5.41) is 20.8. The van der Waals surface area contributed by atoms with Crippen LogP contribution in [0.5, 0.6) is 0 Å². The Hall–Kier alpha value is -0.890. The Morgan fingerprint density at radius 3 is 2.74 bits per heavy atom. The predicted molar refractivity (Wildman–Crippen MR) is 151 cm³/mol. The van der Waals surface area contributed by atoms with Crippen LogP contribution in [0.25, 0.3) is 0 Å². The summed E-state index contributed by atoms with van der Waals surface area (Å²) in [4.78, 5) is 15.6. The fourth-order valence-corrected chi connectivity index (χ4v) is 6.69. The first-order valence-electron chi connectivity index (χ1n) is 15.3. The molecule has 4 rings (SSSR count).